The Labute approximate surface area is 171 Å². The van der Waals surface area contributed by atoms with Crippen LogP contribution in [0.1, 0.15) is 57.5 Å². The summed E-state index contributed by atoms with van der Waals surface area (Å²) in [5, 5.41) is 0. The molecule has 0 N–H and O–H groups in total. The average molecular weight is 381 g/mol. The van der Waals surface area contributed by atoms with Crippen LogP contribution in [0.3, 0.4) is 0 Å². The Hall–Kier alpha value is -2.26. The van der Waals surface area contributed by atoms with Gasteiger partial charge in [-0.25, -0.2) is 0 Å². The standard InChI is InChI=1S/C14H21NO.C11H15N/c1-9-7-10(2)13(11(3)8-9)14(12(4)16)15(5)6;1-8-5-9(2)11(7-12-4)10(3)6-8/h7-8,14H,1-6H3;5-7H,1-4H3. The lowest BCUT2D eigenvalue weighted by Crippen LogP contribution is -2.27. The molecule has 2 aromatic carbocycles. The Kier molecular flexibility index (Phi) is 8.77. The number of aryl methyl sites for hydroxylation is 6. The maximum atomic E-state index is 11.7. The first-order chi connectivity index (χ1) is 13.0. The van der Waals surface area contributed by atoms with Gasteiger partial charge in [0.2, 0.25) is 0 Å². The third-order valence-corrected chi connectivity index (χ3v) is 4.91. The number of carbonyl (C=O) groups is 1. The molecule has 3 nitrogen and oxygen atoms in total. The second kappa shape index (κ2) is 10.3. The highest BCUT2D eigenvalue weighted by Crippen LogP contribution is 2.27. The SMILES string of the molecule is CC(=O)C(c1c(C)cc(C)cc1C)N(C)C.CN=Cc1c(C)cc(C)cc1C. The minimum atomic E-state index is -0.124. The minimum Gasteiger partial charge on any atom is -0.298 e. The van der Waals surface area contributed by atoms with E-state index in [9.17, 15) is 4.79 Å². The van der Waals surface area contributed by atoms with Crippen molar-refractivity contribution in [2.45, 2.75) is 54.5 Å². The highest BCUT2D eigenvalue weighted by Gasteiger charge is 2.22. The normalized spacial score (nSPS) is 12.1. The summed E-state index contributed by atoms with van der Waals surface area (Å²) in [6, 6.07) is 8.53. The van der Waals surface area contributed by atoms with E-state index in [1.165, 1.54) is 38.9 Å². The van der Waals surface area contributed by atoms with E-state index >= 15 is 0 Å². The van der Waals surface area contributed by atoms with Gasteiger partial charge < -0.3 is 0 Å². The summed E-state index contributed by atoms with van der Waals surface area (Å²) in [6.45, 7) is 14.3. The number of likely N-dealkylation sites (N-methyl/N-ethyl adjacent to an activating group) is 1. The molecule has 0 saturated carbocycles. The molecule has 0 aromatic heterocycles. The Bertz CT molecular complexity index is 817. The summed E-state index contributed by atoms with van der Waals surface area (Å²) in [5.41, 5.74) is 9.98. The van der Waals surface area contributed by atoms with Crippen molar-refractivity contribution < 1.29 is 4.79 Å². The van der Waals surface area contributed by atoms with E-state index in [2.05, 4.69) is 70.8 Å². The van der Waals surface area contributed by atoms with Crippen LogP contribution in [0, 0.1) is 41.5 Å². The molecule has 0 fully saturated rings. The predicted molar refractivity (Wildman–Crippen MR) is 122 cm³/mol. The zero-order valence-electron chi connectivity index (χ0n) is 19.3. The lowest BCUT2D eigenvalue weighted by atomic mass is 9.91. The summed E-state index contributed by atoms with van der Waals surface area (Å²) in [6.07, 6.45) is 1.92. The number of benzene rings is 2. The smallest absolute Gasteiger partial charge is 0.151 e. The van der Waals surface area contributed by atoms with Crippen molar-refractivity contribution in [1.82, 2.24) is 4.90 Å². The van der Waals surface area contributed by atoms with Gasteiger partial charge in [0.05, 0.1) is 6.04 Å². The van der Waals surface area contributed by atoms with E-state index in [0.717, 1.165) is 5.56 Å². The van der Waals surface area contributed by atoms with E-state index in [0.29, 0.717) is 0 Å². The first-order valence-corrected chi connectivity index (χ1v) is 9.74. The van der Waals surface area contributed by atoms with Crippen LogP contribution in [0.4, 0.5) is 0 Å². The number of Topliss-reactive ketones (excluding diaryl/α,β-unsaturated/α-hetero) is 1. The van der Waals surface area contributed by atoms with E-state index in [1.54, 1.807) is 14.0 Å². The fraction of sp³-hybridized carbons (Fsp3) is 0.440. The van der Waals surface area contributed by atoms with Crippen molar-refractivity contribution in [2.75, 3.05) is 21.1 Å². The summed E-state index contributed by atoms with van der Waals surface area (Å²) in [7, 11) is 5.70. The molecule has 0 spiro atoms. The van der Waals surface area contributed by atoms with E-state index in [1.807, 2.05) is 25.2 Å². The number of rotatable bonds is 4. The van der Waals surface area contributed by atoms with Gasteiger partial charge >= 0.3 is 0 Å². The molecule has 0 aliphatic carbocycles. The third-order valence-electron chi connectivity index (χ3n) is 4.91. The van der Waals surface area contributed by atoms with Gasteiger partial charge in [-0.2, -0.15) is 0 Å². The number of ketones is 1. The molecule has 152 valence electrons. The Morgan fingerprint density at radius 3 is 1.57 bits per heavy atom. The average Bonchev–Trinajstić information content (AvgIpc) is 2.53. The van der Waals surface area contributed by atoms with Crippen molar-refractivity contribution in [3.63, 3.8) is 0 Å². The van der Waals surface area contributed by atoms with Gasteiger partial charge in [-0.1, -0.05) is 35.4 Å². The van der Waals surface area contributed by atoms with Gasteiger partial charge in [0, 0.05) is 13.3 Å². The number of carbonyl (C=O) groups excluding carboxylic acids is 1. The molecular formula is C25H36N2O. The minimum absolute atomic E-state index is 0.124. The van der Waals surface area contributed by atoms with Crippen molar-refractivity contribution in [1.29, 1.82) is 0 Å². The molecule has 0 amide bonds. The van der Waals surface area contributed by atoms with Crippen molar-refractivity contribution in [3.8, 4) is 0 Å². The lowest BCUT2D eigenvalue weighted by Gasteiger charge is -2.25. The van der Waals surface area contributed by atoms with Crippen LogP contribution >= 0.6 is 0 Å². The van der Waals surface area contributed by atoms with Crippen LogP contribution in [-0.4, -0.2) is 38.0 Å². The topological polar surface area (TPSA) is 32.7 Å². The number of nitrogens with zero attached hydrogens (tertiary/aromatic N) is 2. The van der Waals surface area contributed by atoms with Gasteiger partial charge in [-0.15, -0.1) is 0 Å². The number of hydrogen-bond donors (Lipinski definition) is 0. The van der Waals surface area contributed by atoms with E-state index in [-0.39, 0.29) is 11.8 Å². The molecule has 1 atom stereocenters. The molecule has 0 aliphatic rings. The van der Waals surface area contributed by atoms with Crippen LogP contribution < -0.4 is 0 Å². The van der Waals surface area contributed by atoms with Crippen LogP contribution in [0.15, 0.2) is 29.3 Å². The molecule has 0 saturated heterocycles. The molecule has 0 heterocycles. The fourth-order valence-electron chi connectivity index (χ4n) is 3.97. The monoisotopic (exact) mass is 380 g/mol. The number of hydrogen-bond acceptors (Lipinski definition) is 3. The molecule has 28 heavy (non-hydrogen) atoms. The van der Waals surface area contributed by atoms with Gasteiger partial charge in [0.15, 0.2) is 5.78 Å². The third kappa shape index (κ3) is 6.13. The Balaban J connectivity index is 0.000000292. The molecule has 0 bridgehead atoms. The first-order valence-electron chi connectivity index (χ1n) is 9.74. The summed E-state index contributed by atoms with van der Waals surface area (Å²) < 4.78 is 0. The van der Waals surface area contributed by atoms with Gasteiger partial charge in [0.1, 0.15) is 0 Å². The highest BCUT2D eigenvalue weighted by atomic mass is 16.1. The first kappa shape index (κ1) is 23.8. The van der Waals surface area contributed by atoms with E-state index in [4.69, 9.17) is 0 Å². The molecular weight excluding hydrogens is 344 g/mol. The maximum absolute atomic E-state index is 11.7. The Morgan fingerprint density at radius 2 is 1.25 bits per heavy atom. The summed E-state index contributed by atoms with van der Waals surface area (Å²) >= 11 is 0. The van der Waals surface area contributed by atoms with Crippen LogP contribution in [0.25, 0.3) is 0 Å². The molecule has 1 unspecified atom stereocenters. The molecule has 0 radical (unpaired) electrons. The van der Waals surface area contributed by atoms with Crippen LogP contribution in [0.2, 0.25) is 0 Å². The predicted octanol–water partition coefficient (Wildman–Crippen LogP) is 5.46. The second-order valence-corrected chi connectivity index (χ2v) is 7.99. The molecule has 3 heteroatoms. The fourth-order valence-corrected chi connectivity index (χ4v) is 3.97. The van der Waals surface area contributed by atoms with Gasteiger partial charge in [0.25, 0.3) is 0 Å². The van der Waals surface area contributed by atoms with Crippen molar-refractivity contribution >= 4 is 12.0 Å². The highest BCUT2D eigenvalue weighted by molar-refractivity contribution is 5.84. The van der Waals surface area contributed by atoms with Crippen LogP contribution in [0.5, 0.6) is 0 Å². The largest absolute Gasteiger partial charge is 0.298 e. The molecule has 0 aliphatic heterocycles. The zero-order chi connectivity index (χ0) is 21.6. The van der Waals surface area contributed by atoms with Crippen molar-refractivity contribution in [3.05, 3.63) is 68.8 Å². The quantitative estimate of drug-likeness (QED) is 0.659. The number of aliphatic imine (C=N–C) groups is 1. The summed E-state index contributed by atoms with van der Waals surface area (Å²) in [4.78, 5) is 17.7. The summed E-state index contributed by atoms with van der Waals surface area (Å²) in [5.74, 6) is 0.194. The zero-order valence-corrected chi connectivity index (χ0v) is 19.3. The lowest BCUT2D eigenvalue weighted by molar-refractivity contribution is -0.121. The molecule has 2 aromatic rings. The Morgan fingerprint density at radius 1 is 0.857 bits per heavy atom. The van der Waals surface area contributed by atoms with E-state index < -0.39 is 0 Å². The van der Waals surface area contributed by atoms with Gasteiger partial charge in [-0.05, 0) is 95.9 Å². The van der Waals surface area contributed by atoms with Gasteiger partial charge in [-0.3, -0.25) is 14.7 Å². The molecule has 2 rings (SSSR count). The second-order valence-electron chi connectivity index (χ2n) is 7.99. The van der Waals surface area contributed by atoms with Crippen molar-refractivity contribution in [2.24, 2.45) is 4.99 Å². The van der Waals surface area contributed by atoms with Crippen LogP contribution in [-0.2, 0) is 4.79 Å². The maximum Gasteiger partial charge on any atom is 0.151 e.